The van der Waals surface area contributed by atoms with Gasteiger partial charge in [0, 0.05) is 70.7 Å². The monoisotopic (exact) mass is 512 g/mol. The van der Waals surface area contributed by atoms with Gasteiger partial charge < -0.3 is 15.0 Å². The van der Waals surface area contributed by atoms with Gasteiger partial charge in [0.1, 0.15) is 11.3 Å². The summed E-state index contributed by atoms with van der Waals surface area (Å²) in [7, 11) is -2.66. The molecule has 8 bridgehead atoms. The second kappa shape index (κ2) is 8.71. The highest BCUT2D eigenvalue weighted by Crippen LogP contribution is 2.34. The van der Waals surface area contributed by atoms with Crippen molar-refractivity contribution in [1.82, 2.24) is 25.3 Å². The SMILES string of the molecule is COc1ncc2cc1NS(=O)(=O)c1cccc(c1)C(=O)NCc1cncc(c1)-c1c[nH]c3ncc-2cc13. The second-order valence-corrected chi connectivity index (χ2v) is 10.2. The highest BCUT2D eigenvalue weighted by molar-refractivity contribution is 7.92. The summed E-state index contributed by atoms with van der Waals surface area (Å²) in [5, 5.41) is 3.69. The van der Waals surface area contributed by atoms with Gasteiger partial charge in [-0.1, -0.05) is 6.07 Å². The second-order valence-electron chi connectivity index (χ2n) is 8.50. The molecule has 0 fully saturated rings. The molecule has 0 saturated carbocycles. The number of carbonyl (C=O) groups excluding carboxylic acids is 1. The summed E-state index contributed by atoms with van der Waals surface area (Å²) in [4.78, 5) is 29.2. The summed E-state index contributed by atoms with van der Waals surface area (Å²) >= 11 is 0. The number of rotatable bonds is 1. The lowest BCUT2D eigenvalue weighted by atomic mass is 10.0. The first-order valence-electron chi connectivity index (χ1n) is 11.3. The van der Waals surface area contributed by atoms with Crippen molar-refractivity contribution in [2.24, 2.45) is 0 Å². The van der Waals surface area contributed by atoms with E-state index >= 15 is 0 Å². The standard InChI is InChI=1S/C26H20N6O4S/c1-36-26-23-8-18(13-31-26)17-7-21-22(14-29-24(21)28-12-17)19-5-15(9-27-11-19)10-30-25(33)16-3-2-4-20(6-16)37(34,35)32-23/h2-9,11-14,32H,10H2,1H3,(H,28,29)(H,30,33). The number of nitrogens with one attached hydrogen (secondary N) is 3. The van der Waals surface area contributed by atoms with Gasteiger partial charge >= 0.3 is 0 Å². The van der Waals surface area contributed by atoms with Gasteiger partial charge in [-0.2, -0.15) is 0 Å². The van der Waals surface area contributed by atoms with E-state index in [4.69, 9.17) is 4.74 Å². The Bertz CT molecular complexity index is 1800. The molecule has 0 spiro atoms. The van der Waals surface area contributed by atoms with Gasteiger partial charge in [0.15, 0.2) is 0 Å². The maximum absolute atomic E-state index is 13.3. The molecule has 0 saturated heterocycles. The smallest absolute Gasteiger partial charge is 0.262 e. The zero-order chi connectivity index (χ0) is 25.6. The Balaban J connectivity index is 1.57. The molecule has 1 amide bonds. The summed E-state index contributed by atoms with van der Waals surface area (Å²) in [6, 6.07) is 11.4. The van der Waals surface area contributed by atoms with Gasteiger partial charge in [-0.3, -0.25) is 14.5 Å². The minimum atomic E-state index is -4.07. The van der Waals surface area contributed by atoms with E-state index < -0.39 is 15.9 Å². The summed E-state index contributed by atoms with van der Waals surface area (Å²) in [5.41, 5.74) is 4.97. The maximum Gasteiger partial charge on any atom is 0.262 e. The van der Waals surface area contributed by atoms with E-state index in [9.17, 15) is 13.2 Å². The van der Waals surface area contributed by atoms with Crippen LogP contribution >= 0.6 is 0 Å². The first kappa shape index (κ1) is 22.7. The van der Waals surface area contributed by atoms with Crippen LogP contribution in [0, 0.1) is 0 Å². The van der Waals surface area contributed by atoms with Crippen LogP contribution in [0.3, 0.4) is 0 Å². The third kappa shape index (κ3) is 4.15. The molecule has 1 aromatic carbocycles. The maximum atomic E-state index is 13.3. The Hall–Kier alpha value is -4.77. The molecule has 37 heavy (non-hydrogen) atoms. The van der Waals surface area contributed by atoms with Crippen molar-refractivity contribution in [3.05, 3.63) is 84.6 Å². The Morgan fingerprint density at radius 1 is 0.919 bits per heavy atom. The number of benzene rings is 1. The third-order valence-electron chi connectivity index (χ3n) is 6.12. The van der Waals surface area contributed by atoms with E-state index in [2.05, 4.69) is 30.0 Å². The summed E-state index contributed by atoms with van der Waals surface area (Å²) < 4.78 is 34.4. The number of carbonyl (C=O) groups is 1. The molecule has 4 aromatic heterocycles. The third-order valence-corrected chi connectivity index (χ3v) is 7.48. The van der Waals surface area contributed by atoms with E-state index in [-0.39, 0.29) is 28.6 Å². The number of amides is 1. The number of hydrogen-bond acceptors (Lipinski definition) is 7. The van der Waals surface area contributed by atoms with Crippen molar-refractivity contribution >= 4 is 32.7 Å². The van der Waals surface area contributed by atoms with Crippen LogP contribution in [0.5, 0.6) is 5.88 Å². The molecule has 1 aliphatic heterocycles. The molecule has 0 aliphatic carbocycles. The number of sulfonamides is 1. The van der Waals surface area contributed by atoms with Crippen molar-refractivity contribution in [2.75, 3.05) is 11.8 Å². The fraction of sp³-hybridized carbons (Fsp3) is 0.0769. The molecule has 11 heteroatoms. The number of fused-ring (bicyclic) bond motifs is 9. The van der Waals surface area contributed by atoms with Crippen molar-refractivity contribution < 1.29 is 17.9 Å². The van der Waals surface area contributed by atoms with Crippen LogP contribution in [0.25, 0.3) is 33.3 Å². The lowest BCUT2D eigenvalue weighted by molar-refractivity contribution is 0.0950. The Morgan fingerprint density at radius 3 is 2.62 bits per heavy atom. The van der Waals surface area contributed by atoms with Gasteiger partial charge in [0.25, 0.3) is 15.9 Å². The number of pyridine rings is 3. The fourth-order valence-corrected chi connectivity index (χ4v) is 5.36. The summed E-state index contributed by atoms with van der Waals surface area (Å²) in [6.07, 6.45) is 8.57. The van der Waals surface area contributed by atoms with Crippen LogP contribution in [0.15, 0.2) is 78.3 Å². The normalized spacial score (nSPS) is 14.4. The molecule has 5 heterocycles. The predicted octanol–water partition coefficient (Wildman–Crippen LogP) is 3.74. The number of hydrogen-bond donors (Lipinski definition) is 3. The van der Waals surface area contributed by atoms with E-state index in [1.807, 2.05) is 18.3 Å². The highest BCUT2D eigenvalue weighted by Gasteiger charge is 2.20. The number of methoxy groups -OCH3 is 1. The first-order valence-corrected chi connectivity index (χ1v) is 12.8. The number of ether oxygens (including phenoxy) is 1. The van der Waals surface area contributed by atoms with Crippen LogP contribution in [-0.4, -0.2) is 41.4 Å². The van der Waals surface area contributed by atoms with Crippen molar-refractivity contribution in [1.29, 1.82) is 0 Å². The van der Waals surface area contributed by atoms with Crippen LogP contribution in [0.1, 0.15) is 15.9 Å². The van der Waals surface area contributed by atoms with Gasteiger partial charge in [-0.05, 0) is 42.0 Å². The zero-order valence-corrected chi connectivity index (χ0v) is 20.3. The quantitative estimate of drug-likeness (QED) is 0.311. The minimum absolute atomic E-state index is 0.0718. The van der Waals surface area contributed by atoms with Crippen molar-refractivity contribution in [3.63, 3.8) is 0 Å². The van der Waals surface area contributed by atoms with Crippen molar-refractivity contribution in [3.8, 4) is 28.1 Å². The molecule has 0 unspecified atom stereocenters. The van der Waals surface area contributed by atoms with Crippen molar-refractivity contribution in [2.45, 2.75) is 11.4 Å². The molecular weight excluding hydrogens is 492 g/mol. The molecule has 10 nitrogen and oxygen atoms in total. The molecular formula is C26H20N6O4S. The number of aromatic amines is 1. The molecule has 1 aliphatic rings. The molecule has 0 radical (unpaired) electrons. The van der Waals surface area contributed by atoms with E-state index in [1.165, 1.54) is 25.3 Å². The van der Waals surface area contributed by atoms with Gasteiger partial charge in [-0.15, -0.1) is 0 Å². The van der Waals surface area contributed by atoms with Crippen LogP contribution in [0.4, 0.5) is 5.69 Å². The first-order chi connectivity index (χ1) is 17.9. The number of aromatic nitrogens is 4. The Labute approximate surface area is 211 Å². The number of anilines is 1. The van der Waals surface area contributed by atoms with Gasteiger partial charge in [0.2, 0.25) is 5.88 Å². The molecule has 5 aromatic rings. The van der Waals surface area contributed by atoms with Crippen LogP contribution in [-0.2, 0) is 16.6 Å². The Kier molecular flexibility index (Phi) is 5.34. The Morgan fingerprint density at radius 2 is 1.76 bits per heavy atom. The summed E-state index contributed by atoms with van der Waals surface area (Å²) in [5.74, 6) is -0.305. The fourth-order valence-electron chi connectivity index (χ4n) is 4.27. The largest absolute Gasteiger partial charge is 0.480 e. The zero-order valence-electron chi connectivity index (χ0n) is 19.5. The average Bonchev–Trinajstić information content (AvgIpc) is 3.35. The summed E-state index contributed by atoms with van der Waals surface area (Å²) in [6.45, 7) is 0.216. The van der Waals surface area contributed by atoms with Crippen LogP contribution in [0.2, 0.25) is 0 Å². The van der Waals surface area contributed by atoms with Crippen LogP contribution < -0.4 is 14.8 Å². The number of H-pyrrole nitrogens is 1. The lowest BCUT2D eigenvalue weighted by Crippen LogP contribution is -2.23. The predicted molar refractivity (Wildman–Crippen MR) is 138 cm³/mol. The minimum Gasteiger partial charge on any atom is -0.480 e. The molecule has 184 valence electrons. The molecule has 3 N–H and O–H groups in total. The number of nitrogens with zero attached hydrogens (tertiary/aromatic N) is 3. The average molecular weight is 513 g/mol. The van der Waals surface area contributed by atoms with Gasteiger partial charge in [0.05, 0.1) is 12.0 Å². The van der Waals surface area contributed by atoms with E-state index in [1.54, 1.807) is 36.9 Å². The molecule has 0 atom stereocenters. The topological polar surface area (TPSA) is 139 Å². The lowest BCUT2D eigenvalue weighted by Gasteiger charge is -2.14. The highest BCUT2D eigenvalue weighted by atomic mass is 32.2. The van der Waals surface area contributed by atoms with E-state index in [0.29, 0.717) is 11.2 Å². The molecule has 6 rings (SSSR count). The van der Waals surface area contributed by atoms with Gasteiger partial charge in [-0.25, -0.2) is 18.4 Å². The van der Waals surface area contributed by atoms with E-state index in [0.717, 1.165) is 27.6 Å².